The van der Waals surface area contributed by atoms with Crippen LogP contribution in [-0.4, -0.2) is 11.5 Å². The fourth-order valence-electron chi connectivity index (χ4n) is 1.80. The van der Waals surface area contributed by atoms with Crippen LogP contribution in [0.15, 0.2) is 21.3 Å². The Morgan fingerprint density at radius 3 is 2.83 bits per heavy atom. The quantitative estimate of drug-likeness (QED) is 0.830. The average molecular weight is 345 g/mol. The molecule has 2 rings (SSSR count). The zero-order chi connectivity index (χ0) is 13.0. The lowest BCUT2D eigenvalue weighted by Crippen LogP contribution is -2.24. The van der Waals surface area contributed by atoms with E-state index in [0.717, 1.165) is 24.4 Å². The largest absolute Gasteiger partial charge is 0.308 e. The Kier molecular flexibility index (Phi) is 5.36. The van der Waals surface area contributed by atoms with Gasteiger partial charge >= 0.3 is 0 Å². The van der Waals surface area contributed by atoms with Crippen molar-refractivity contribution in [3.8, 4) is 0 Å². The highest BCUT2D eigenvalue weighted by Crippen LogP contribution is 2.28. The lowest BCUT2D eigenvalue weighted by molar-refractivity contribution is 0.522. The van der Waals surface area contributed by atoms with Crippen molar-refractivity contribution in [3.63, 3.8) is 0 Å². The fourth-order valence-corrected chi connectivity index (χ4v) is 4.02. The number of thiophene rings is 1. The standard InChI is InChI=1S/C13H17BrN2S2/c1-3-5-15-11(12-8-18-9(2)16-12)7-13-10(14)4-6-17-13/h4,6,8,11,15H,3,5,7H2,1-2H3. The van der Waals surface area contributed by atoms with Gasteiger partial charge in [-0.15, -0.1) is 22.7 Å². The summed E-state index contributed by atoms with van der Waals surface area (Å²) in [5, 5.41) is 9.03. The highest BCUT2D eigenvalue weighted by atomic mass is 79.9. The fraction of sp³-hybridized carbons (Fsp3) is 0.462. The van der Waals surface area contributed by atoms with Crippen molar-refractivity contribution in [2.24, 2.45) is 0 Å². The topological polar surface area (TPSA) is 24.9 Å². The summed E-state index contributed by atoms with van der Waals surface area (Å²) < 4.78 is 1.21. The van der Waals surface area contributed by atoms with E-state index < -0.39 is 0 Å². The second kappa shape index (κ2) is 6.80. The normalized spacial score (nSPS) is 12.8. The van der Waals surface area contributed by atoms with Crippen LogP contribution >= 0.6 is 38.6 Å². The number of hydrogen-bond acceptors (Lipinski definition) is 4. The zero-order valence-corrected chi connectivity index (χ0v) is 13.8. The third kappa shape index (κ3) is 3.63. The molecule has 0 radical (unpaired) electrons. The van der Waals surface area contributed by atoms with Gasteiger partial charge in [0.15, 0.2) is 0 Å². The Labute approximate surface area is 125 Å². The Morgan fingerprint density at radius 2 is 2.28 bits per heavy atom. The molecule has 0 saturated heterocycles. The van der Waals surface area contributed by atoms with Crippen molar-refractivity contribution in [1.29, 1.82) is 0 Å². The van der Waals surface area contributed by atoms with Gasteiger partial charge in [0.25, 0.3) is 0 Å². The molecule has 0 amide bonds. The maximum atomic E-state index is 4.62. The highest BCUT2D eigenvalue weighted by Gasteiger charge is 2.16. The van der Waals surface area contributed by atoms with Gasteiger partial charge in [0, 0.05) is 21.2 Å². The van der Waals surface area contributed by atoms with Crippen LogP contribution in [0.3, 0.4) is 0 Å². The molecule has 0 aliphatic heterocycles. The summed E-state index contributed by atoms with van der Waals surface area (Å²) in [6.07, 6.45) is 2.15. The molecule has 0 bridgehead atoms. The average Bonchev–Trinajstić information content (AvgIpc) is 2.94. The van der Waals surface area contributed by atoms with Gasteiger partial charge in [-0.2, -0.15) is 0 Å². The summed E-state index contributed by atoms with van der Waals surface area (Å²) in [7, 11) is 0. The van der Waals surface area contributed by atoms with E-state index in [1.807, 2.05) is 0 Å². The van der Waals surface area contributed by atoms with Crippen LogP contribution in [0.5, 0.6) is 0 Å². The first-order valence-corrected chi connectivity index (χ1v) is 8.63. The zero-order valence-electron chi connectivity index (χ0n) is 10.6. The summed E-state index contributed by atoms with van der Waals surface area (Å²) in [5.41, 5.74) is 1.17. The first kappa shape index (κ1) is 14.2. The number of aromatic nitrogens is 1. The number of hydrogen-bond donors (Lipinski definition) is 1. The number of thiazole rings is 1. The molecule has 0 aliphatic rings. The maximum Gasteiger partial charge on any atom is 0.0898 e. The Morgan fingerprint density at radius 1 is 1.44 bits per heavy atom. The lowest BCUT2D eigenvalue weighted by atomic mass is 10.1. The molecule has 2 aromatic rings. The summed E-state index contributed by atoms with van der Waals surface area (Å²) >= 11 is 7.13. The van der Waals surface area contributed by atoms with Crippen molar-refractivity contribution >= 4 is 38.6 Å². The van der Waals surface area contributed by atoms with E-state index >= 15 is 0 Å². The van der Waals surface area contributed by atoms with Gasteiger partial charge in [0.1, 0.15) is 0 Å². The SMILES string of the molecule is CCCNC(Cc1sccc1Br)c1csc(C)n1. The summed E-state index contributed by atoms with van der Waals surface area (Å²) in [5.74, 6) is 0. The monoisotopic (exact) mass is 344 g/mol. The number of rotatable bonds is 6. The molecular formula is C13H17BrN2S2. The minimum Gasteiger partial charge on any atom is -0.308 e. The first-order chi connectivity index (χ1) is 8.70. The molecule has 0 aromatic carbocycles. The molecule has 1 unspecified atom stereocenters. The molecule has 2 aromatic heterocycles. The minimum absolute atomic E-state index is 0.324. The molecule has 0 fully saturated rings. The van der Waals surface area contributed by atoms with E-state index in [-0.39, 0.29) is 0 Å². The maximum absolute atomic E-state index is 4.62. The number of aryl methyl sites for hydroxylation is 1. The number of halogens is 1. The van der Waals surface area contributed by atoms with Gasteiger partial charge < -0.3 is 5.32 Å². The van der Waals surface area contributed by atoms with Crippen LogP contribution < -0.4 is 5.32 Å². The molecule has 18 heavy (non-hydrogen) atoms. The Balaban J connectivity index is 2.12. The van der Waals surface area contributed by atoms with E-state index in [9.17, 15) is 0 Å². The van der Waals surface area contributed by atoms with E-state index in [1.165, 1.54) is 15.0 Å². The number of nitrogens with zero attached hydrogens (tertiary/aromatic N) is 1. The molecule has 98 valence electrons. The van der Waals surface area contributed by atoms with Gasteiger partial charge in [0.2, 0.25) is 0 Å². The van der Waals surface area contributed by atoms with Crippen LogP contribution in [-0.2, 0) is 6.42 Å². The molecule has 5 heteroatoms. The smallest absolute Gasteiger partial charge is 0.0898 e. The molecule has 0 saturated carbocycles. The van der Waals surface area contributed by atoms with Crippen molar-refractivity contribution in [2.45, 2.75) is 32.7 Å². The van der Waals surface area contributed by atoms with E-state index in [0.29, 0.717) is 6.04 Å². The number of nitrogens with one attached hydrogen (secondary N) is 1. The van der Waals surface area contributed by atoms with E-state index in [4.69, 9.17) is 0 Å². The second-order valence-corrected chi connectivity index (χ2v) is 7.11. The minimum atomic E-state index is 0.324. The van der Waals surface area contributed by atoms with E-state index in [2.05, 4.69) is 56.9 Å². The molecule has 2 heterocycles. The van der Waals surface area contributed by atoms with Crippen LogP contribution in [0.2, 0.25) is 0 Å². The predicted octanol–water partition coefficient (Wildman–Crippen LogP) is 4.56. The van der Waals surface area contributed by atoms with Crippen molar-refractivity contribution < 1.29 is 0 Å². The van der Waals surface area contributed by atoms with Gasteiger partial charge in [-0.05, 0) is 47.3 Å². The third-order valence-electron chi connectivity index (χ3n) is 2.72. The van der Waals surface area contributed by atoms with Crippen LogP contribution in [0.1, 0.15) is 35.0 Å². The van der Waals surface area contributed by atoms with Crippen LogP contribution in [0.25, 0.3) is 0 Å². The highest BCUT2D eigenvalue weighted by molar-refractivity contribution is 9.10. The summed E-state index contributed by atoms with van der Waals surface area (Å²) in [6, 6.07) is 2.44. The van der Waals surface area contributed by atoms with Gasteiger partial charge in [-0.3, -0.25) is 0 Å². The van der Waals surface area contributed by atoms with Crippen molar-refractivity contribution in [1.82, 2.24) is 10.3 Å². The van der Waals surface area contributed by atoms with Crippen LogP contribution in [0, 0.1) is 6.92 Å². The molecule has 0 spiro atoms. The van der Waals surface area contributed by atoms with Crippen LogP contribution in [0.4, 0.5) is 0 Å². The Hall–Kier alpha value is -0.230. The van der Waals surface area contributed by atoms with Crippen molar-refractivity contribution in [2.75, 3.05) is 6.54 Å². The predicted molar refractivity (Wildman–Crippen MR) is 83.6 cm³/mol. The van der Waals surface area contributed by atoms with E-state index in [1.54, 1.807) is 22.7 Å². The molecular weight excluding hydrogens is 328 g/mol. The molecule has 1 N–H and O–H groups in total. The first-order valence-electron chi connectivity index (χ1n) is 6.08. The molecule has 1 atom stereocenters. The lowest BCUT2D eigenvalue weighted by Gasteiger charge is -2.16. The molecule has 0 aliphatic carbocycles. The van der Waals surface area contributed by atoms with Crippen molar-refractivity contribution in [3.05, 3.63) is 36.9 Å². The van der Waals surface area contributed by atoms with Gasteiger partial charge in [0.05, 0.1) is 16.7 Å². The summed E-state index contributed by atoms with van der Waals surface area (Å²) in [6.45, 7) is 5.29. The third-order valence-corrected chi connectivity index (χ3v) is 5.46. The summed E-state index contributed by atoms with van der Waals surface area (Å²) in [4.78, 5) is 6.00. The second-order valence-electron chi connectivity index (χ2n) is 4.19. The van der Waals surface area contributed by atoms with Gasteiger partial charge in [-0.25, -0.2) is 4.98 Å². The van der Waals surface area contributed by atoms with Gasteiger partial charge in [-0.1, -0.05) is 6.92 Å². The molecule has 2 nitrogen and oxygen atoms in total. The Bertz CT molecular complexity index is 493.